The van der Waals surface area contributed by atoms with Gasteiger partial charge in [-0.3, -0.25) is 14.3 Å². The lowest BCUT2D eigenvalue weighted by Crippen LogP contribution is -2.60. The van der Waals surface area contributed by atoms with Crippen LogP contribution in [0.15, 0.2) is 18.5 Å². The highest BCUT2D eigenvalue weighted by Crippen LogP contribution is 2.68. The fourth-order valence-corrected chi connectivity index (χ4v) is 6.35. The summed E-state index contributed by atoms with van der Waals surface area (Å²) < 4.78 is 7.79. The van der Waals surface area contributed by atoms with Crippen molar-refractivity contribution in [2.45, 2.75) is 65.1 Å². The summed E-state index contributed by atoms with van der Waals surface area (Å²) in [5, 5.41) is 10.4. The summed E-state index contributed by atoms with van der Waals surface area (Å²) in [4.78, 5) is 24.0. The van der Waals surface area contributed by atoms with Crippen molar-refractivity contribution < 1.29 is 14.3 Å². The van der Waals surface area contributed by atoms with Crippen LogP contribution in [-0.2, 0) is 20.9 Å². The molecule has 2 N–H and O–H groups in total. The van der Waals surface area contributed by atoms with Crippen LogP contribution in [0.5, 0.6) is 0 Å². The van der Waals surface area contributed by atoms with E-state index in [4.69, 9.17) is 4.74 Å². The zero-order valence-electron chi connectivity index (χ0n) is 17.1. The summed E-state index contributed by atoms with van der Waals surface area (Å²) in [5.74, 6) is 1.11. The van der Waals surface area contributed by atoms with Crippen LogP contribution in [0.2, 0.25) is 0 Å². The van der Waals surface area contributed by atoms with Gasteiger partial charge in [0.25, 0.3) is 0 Å². The molecule has 2 amide bonds. The zero-order valence-corrected chi connectivity index (χ0v) is 17.1. The van der Waals surface area contributed by atoms with Gasteiger partial charge in [-0.1, -0.05) is 13.8 Å². The first-order valence-corrected chi connectivity index (χ1v) is 10.5. The lowest BCUT2D eigenvalue weighted by molar-refractivity contribution is -0.136. The van der Waals surface area contributed by atoms with Gasteiger partial charge in [0, 0.05) is 38.5 Å². The second-order valence-electron chi connectivity index (χ2n) is 9.43. The molecule has 28 heavy (non-hydrogen) atoms. The first-order valence-electron chi connectivity index (χ1n) is 10.5. The molecule has 2 heterocycles. The summed E-state index contributed by atoms with van der Waals surface area (Å²) in [6.45, 7) is 7.83. The average molecular weight is 389 g/mol. The normalized spacial score (nSPS) is 35.4. The summed E-state index contributed by atoms with van der Waals surface area (Å²) >= 11 is 0. The molecule has 2 saturated carbocycles. The van der Waals surface area contributed by atoms with Gasteiger partial charge in [0.2, 0.25) is 11.8 Å². The molecule has 7 nitrogen and oxygen atoms in total. The molecule has 1 spiro atoms. The molecule has 1 unspecified atom stereocenters. The molecule has 3 fully saturated rings. The van der Waals surface area contributed by atoms with Crippen LogP contribution in [0.4, 0.5) is 0 Å². The number of aromatic nitrogens is 2. The minimum Gasteiger partial charge on any atom is -0.378 e. The minimum atomic E-state index is -0.0283. The molecule has 5 atom stereocenters. The zero-order chi connectivity index (χ0) is 19.9. The third-order valence-electron chi connectivity index (χ3n) is 7.59. The van der Waals surface area contributed by atoms with Gasteiger partial charge in [-0.25, -0.2) is 0 Å². The number of amides is 2. The molecule has 1 saturated heterocycles. The van der Waals surface area contributed by atoms with E-state index in [1.165, 1.54) is 6.42 Å². The van der Waals surface area contributed by atoms with Gasteiger partial charge in [-0.05, 0) is 54.4 Å². The minimum absolute atomic E-state index is 0.0283. The molecule has 4 rings (SSSR count). The Balaban J connectivity index is 1.38. The smallest absolute Gasteiger partial charge is 0.241 e. The summed E-state index contributed by atoms with van der Waals surface area (Å²) in [5.41, 5.74) is 0.268. The topological polar surface area (TPSA) is 85.3 Å². The summed E-state index contributed by atoms with van der Waals surface area (Å²) in [7, 11) is 0. The number of nitrogens with zero attached hydrogens (tertiary/aromatic N) is 2. The van der Waals surface area contributed by atoms with Crippen LogP contribution < -0.4 is 10.6 Å². The standard InChI is InChI=1S/C21H32N4O3/c1-14(26)24-19-20(2,3)15-11-16-17(28-10-6-21(16,19)12-15)5-8-22-18(27)13-25-9-4-7-23-25/h4,7,9,15-17,19H,5-6,8,10-13H2,1-3H3,(H,22,27)(H,24,26)/t15-,16-,17-,19+,21?/m1/s1. The number of rotatable bonds is 6. The Bertz CT molecular complexity index is 732. The maximum atomic E-state index is 12.1. The molecule has 0 aromatic carbocycles. The van der Waals surface area contributed by atoms with Gasteiger partial charge in [-0.2, -0.15) is 5.10 Å². The van der Waals surface area contributed by atoms with E-state index >= 15 is 0 Å². The van der Waals surface area contributed by atoms with E-state index in [9.17, 15) is 9.59 Å². The molecule has 154 valence electrons. The first-order chi connectivity index (χ1) is 13.3. The number of ether oxygens (including phenoxy) is 1. The van der Waals surface area contributed by atoms with Crippen molar-refractivity contribution in [2.24, 2.45) is 22.7 Å². The fraction of sp³-hybridized carbons (Fsp3) is 0.762. The van der Waals surface area contributed by atoms with Crippen molar-refractivity contribution in [3.63, 3.8) is 0 Å². The monoisotopic (exact) mass is 388 g/mol. The Kier molecular flexibility index (Phi) is 4.98. The number of carbonyl (C=O) groups excluding carboxylic acids is 2. The van der Waals surface area contributed by atoms with E-state index in [0.29, 0.717) is 18.4 Å². The number of hydrogen-bond acceptors (Lipinski definition) is 4. The molecule has 7 heteroatoms. The van der Waals surface area contributed by atoms with Crippen molar-refractivity contribution in [1.29, 1.82) is 0 Å². The van der Waals surface area contributed by atoms with Crippen molar-refractivity contribution in [3.8, 4) is 0 Å². The highest BCUT2D eigenvalue weighted by atomic mass is 16.5. The second kappa shape index (κ2) is 7.17. The van der Waals surface area contributed by atoms with Gasteiger partial charge in [0.15, 0.2) is 0 Å². The number of hydrogen-bond donors (Lipinski definition) is 2. The molecule has 1 aliphatic heterocycles. The van der Waals surface area contributed by atoms with Crippen LogP contribution in [-0.4, -0.2) is 46.9 Å². The van der Waals surface area contributed by atoms with E-state index in [2.05, 4.69) is 29.6 Å². The highest BCUT2D eigenvalue weighted by Gasteiger charge is 2.68. The Morgan fingerprint density at radius 3 is 2.89 bits per heavy atom. The Morgan fingerprint density at radius 2 is 2.18 bits per heavy atom. The summed E-state index contributed by atoms with van der Waals surface area (Å²) in [6, 6.07) is 2.02. The van der Waals surface area contributed by atoms with Crippen molar-refractivity contribution in [2.75, 3.05) is 13.2 Å². The molecule has 1 aromatic rings. The lowest BCUT2D eigenvalue weighted by atomic mass is 9.59. The molecule has 2 bridgehead atoms. The highest BCUT2D eigenvalue weighted by molar-refractivity contribution is 5.75. The predicted octanol–water partition coefficient (Wildman–Crippen LogP) is 1.74. The summed E-state index contributed by atoms with van der Waals surface area (Å²) in [6.07, 6.45) is 7.78. The number of fused-ring (bicyclic) bond motifs is 1. The molecule has 0 radical (unpaired) electrons. The first kappa shape index (κ1) is 19.4. The Hall–Kier alpha value is -1.89. The maximum absolute atomic E-state index is 12.1. The molecule has 2 aliphatic carbocycles. The van der Waals surface area contributed by atoms with Crippen molar-refractivity contribution >= 4 is 11.8 Å². The van der Waals surface area contributed by atoms with Gasteiger partial charge in [0.1, 0.15) is 6.54 Å². The Labute approximate surface area is 166 Å². The SMILES string of the molecule is CC(=O)N[C@H]1C(C)(C)[C@@H]2C[C@@H]3[C@@H](CCNC(=O)Cn4cccn4)OCCC31C2. The largest absolute Gasteiger partial charge is 0.378 e. The van der Waals surface area contributed by atoms with Crippen LogP contribution in [0, 0.1) is 22.7 Å². The fourth-order valence-electron chi connectivity index (χ4n) is 6.35. The van der Waals surface area contributed by atoms with E-state index in [0.717, 1.165) is 25.9 Å². The van der Waals surface area contributed by atoms with E-state index in [1.807, 2.05) is 6.07 Å². The molecule has 3 aliphatic rings. The van der Waals surface area contributed by atoms with E-state index < -0.39 is 0 Å². The van der Waals surface area contributed by atoms with Crippen molar-refractivity contribution in [1.82, 2.24) is 20.4 Å². The maximum Gasteiger partial charge on any atom is 0.241 e. The number of carbonyl (C=O) groups is 2. The van der Waals surface area contributed by atoms with Crippen molar-refractivity contribution in [3.05, 3.63) is 18.5 Å². The predicted molar refractivity (Wildman–Crippen MR) is 104 cm³/mol. The van der Waals surface area contributed by atoms with Gasteiger partial charge in [-0.15, -0.1) is 0 Å². The van der Waals surface area contributed by atoms with E-state index in [1.54, 1.807) is 24.0 Å². The van der Waals surface area contributed by atoms with Gasteiger partial charge >= 0.3 is 0 Å². The van der Waals surface area contributed by atoms with E-state index in [-0.39, 0.29) is 41.3 Å². The quantitative estimate of drug-likeness (QED) is 0.777. The van der Waals surface area contributed by atoms with Gasteiger partial charge in [0.05, 0.1) is 6.10 Å². The van der Waals surface area contributed by atoms with Crippen LogP contribution in [0.3, 0.4) is 0 Å². The van der Waals surface area contributed by atoms with Gasteiger partial charge < -0.3 is 15.4 Å². The number of nitrogens with one attached hydrogen (secondary N) is 2. The second-order valence-corrected chi connectivity index (χ2v) is 9.43. The lowest BCUT2D eigenvalue weighted by Gasteiger charge is -2.53. The third-order valence-corrected chi connectivity index (χ3v) is 7.59. The third kappa shape index (κ3) is 3.23. The van der Waals surface area contributed by atoms with Crippen LogP contribution in [0.25, 0.3) is 0 Å². The molecular formula is C21H32N4O3. The van der Waals surface area contributed by atoms with Crippen LogP contribution >= 0.6 is 0 Å². The average Bonchev–Trinajstić information content (AvgIpc) is 3.31. The molecule has 1 aromatic heterocycles. The Morgan fingerprint density at radius 1 is 1.36 bits per heavy atom. The van der Waals surface area contributed by atoms with Crippen LogP contribution in [0.1, 0.15) is 46.5 Å². The molecular weight excluding hydrogens is 356 g/mol.